The molecule has 3 rings (SSSR count). The number of Topliss-reactive ketones (excluding diaryl/α,β-unsaturated/α-hetero) is 1. The Labute approximate surface area is 151 Å². The molecule has 0 saturated heterocycles. The lowest BCUT2D eigenvalue weighted by Gasteiger charge is -2.41. The molecule has 25 heavy (non-hydrogen) atoms. The van der Waals surface area contributed by atoms with Crippen LogP contribution in [0.4, 0.5) is 16.5 Å². The number of fused-ring (bicyclic) bond motifs is 1. The van der Waals surface area contributed by atoms with Crippen molar-refractivity contribution in [2.45, 2.75) is 33.2 Å². The highest BCUT2D eigenvalue weighted by Crippen LogP contribution is 2.34. The lowest BCUT2D eigenvalue weighted by Crippen LogP contribution is -2.50. The first kappa shape index (κ1) is 17.4. The SMILES string of the molecule is CC(=O)c1sc(NC(=O)CN2CC(C)(C)Nc3ccccc32)nc1C. The van der Waals surface area contributed by atoms with E-state index in [9.17, 15) is 9.59 Å². The standard InChI is InChI=1S/C18H22N4O2S/c1-11-16(12(2)23)25-17(19-11)20-15(24)9-22-10-18(3,4)21-13-7-5-6-8-14(13)22/h5-8,21H,9-10H2,1-4H3,(H,19,20,24). The van der Waals surface area contributed by atoms with Crippen LogP contribution in [-0.2, 0) is 4.79 Å². The summed E-state index contributed by atoms with van der Waals surface area (Å²) in [6, 6.07) is 7.97. The molecule has 132 valence electrons. The van der Waals surface area contributed by atoms with Crippen molar-refractivity contribution in [1.29, 1.82) is 0 Å². The van der Waals surface area contributed by atoms with E-state index in [0.717, 1.165) is 11.4 Å². The van der Waals surface area contributed by atoms with Crippen LogP contribution in [-0.4, -0.2) is 35.3 Å². The molecule has 1 aromatic heterocycles. The summed E-state index contributed by atoms with van der Waals surface area (Å²) in [4.78, 5) is 31.0. The van der Waals surface area contributed by atoms with Gasteiger partial charge in [-0.2, -0.15) is 0 Å². The van der Waals surface area contributed by atoms with Gasteiger partial charge in [0.15, 0.2) is 10.9 Å². The number of thiazole rings is 1. The predicted octanol–water partition coefficient (Wildman–Crippen LogP) is 3.30. The second-order valence-electron chi connectivity index (χ2n) is 6.92. The first-order valence-electron chi connectivity index (χ1n) is 8.15. The molecule has 0 fully saturated rings. The Bertz CT molecular complexity index is 828. The fourth-order valence-electron chi connectivity index (χ4n) is 3.07. The van der Waals surface area contributed by atoms with E-state index in [4.69, 9.17) is 0 Å². The van der Waals surface area contributed by atoms with Crippen LogP contribution in [0.2, 0.25) is 0 Å². The van der Waals surface area contributed by atoms with Crippen LogP contribution in [0.15, 0.2) is 24.3 Å². The molecule has 7 heteroatoms. The zero-order valence-corrected chi connectivity index (χ0v) is 15.7. The number of carbonyl (C=O) groups excluding carboxylic acids is 2. The molecule has 2 N–H and O–H groups in total. The third kappa shape index (κ3) is 3.82. The van der Waals surface area contributed by atoms with Crippen molar-refractivity contribution in [3.63, 3.8) is 0 Å². The summed E-state index contributed by atoms with van der Waals surface area (Å²) in [6.45, 7) is 8.45. The van der Waals surface area contributed by atoms with Gasteiger partial charge in [-0.3, -0.25) is 9.59 Å². The summed E-state index contributed by atoms with van der Waals surface area (Å²) in [5, 5.41) is 6.78. The van der Waals surface area contributed by atoms with Crippen LogP contribution >= 0.6 is 11.3 Å². The number of amides is 1. The summed E-state index contributed by atoms with van der Waals surface area (Å²) in [5.74, 6) is -0.176. The minimum Gasteiger partial charge on any atom is -0.377 e. The zero-order chi connectivity index (χ0) is 18.2. The van der Waals surface area contributed by atoms with E-state index in [1.54, 1.807) is 6.92 Å². The number of carbonyl (C=O) groups is 2. The van der Waals surface area contributed by atoms with Crippen LogP contribution in [0.3, 0.4) is 0 Å². The monoisotopic (exact) mass is 358 g/mol. The fourth-order valence-corrected chi connectivity index (χ4v) is 3.95. The first-order chi connectivity index (χ1) is 11.7. The Morgan fingerprint density at radius 2 is 2.08 bits per heavy atom. The molecular weight excluding hydrogens is 336 g/mol. The van der Waals surface area contributed by atoms with Crippen molar-refractivity contribution in [2.75, 3.05) is 28.6 Å². The van der Waals surface area contributed by atoms with E-state index in [2.05, 4.69) is 34.4 Å². The van der Waals surface area contributed by atoms with Crippen molar-refractivity contribution in [1.82, 2.24) is 4.98 Å². The number of anilines is 3. The maximum Gasteiger partial charge on any atom is 0.245 e. The minimum atomic E-state index is -0.142. The molecule has 6 nitrogen and oxygen atoms in total. The summed E-state index contributed by atoms with van der Waals surface area (Å²) in [5.41, 5.74) is 2.56. The Balaban J connectivity index is 1.75. The topological polar surface area (TPSA) is 74.3 Å². The van der Waals surface area contributed by atoms with Crippen molar-refractivity contribution < 1.29 is 9.59 Å². The van der Waals surface area contributed by atoms with Crippen molar-refractivity contribution in [2.24, 2.45) is 0 Å². The van der Waals surface area contributed by atoms with Gasteiger partial charge < -0.3 is 15.5 Å². The Hall–Kier alpha value is -2.41. The van der Waals surface area contributed by atoms with Gasteiger partial charge >= 0.3 is 0 Å². The third-order valence-corrected chi connectivity index (χ3v) is 5.17. The predicted molar refractivity (Wildman–Crippen MR) is 102 cm³/mol. The normalized spacial score (nSPS) is 15.3. The number of nitrogens with one attached hydrogen (secondary N) is 2. The maximum absolute atomic E-state index is 12.5. The van der Waals surface area contributed by atoms with E-state index in [-0.39, 0.29) is 23.8 Å². The molecule has 0 spiro atoms. The molecule has 1 amide bonds. The van der Waals surface area contributed by atoms with E-state index in [0.29, 0.717) is 22.2 Å². The quantitative estimate of drug-likeness (QED) is 0.820. The number of para-hydroxylation sites is 2. The number of hydrogen-bond acceptors (Lipinski definition) is 6. The van der Waals surface area contributed by atoms with Crippen molar-refractivity contribution in [3.8, 4) is 0 Å². The number of rotatable bonds is 4. The van der Waals surface area contributed by atoms with Crippen LogP contribution in [0.5, 0.6) is 0 Å². The Morgan fingerprint density at radius 1 is 1.36 bits per heavy atom. The largest absolute Gasteiger partial charge is 0.377 e. The number of ketones is 1. The van der Waals surface area contributed by atoms with Gasteiger partial charge in [-0.15, -0.1) is 0 Å². The molecule has 1 aromatic carbocycles. The summed E-state index contributed by atoms with van der Waals surface area (Å²) in [7, 11) is 0. The Kier molecular flexibility index (Phi) is 4.51. The number of benzene rings is 1. The molecule has 2 heterocycles. The number of nitrogens with zero attached hydrogens (tertiary/aromatic N) is 2. The van der Waals surface area contributed by atoms with E-state index >= 15 is 0 Å². The highest BCUT2D eigenvalue weighted by atomic mass is 32.1. The second-order valence-corrected chi connectivity index (χ2v) is 7.92. The molecule has 0 atom stereocenters. The second kappa shape index (κ2) is 6.48. The van der Waals surface area contributed by atoms with Crippen LogP contribution < -0.4 is 15.5 Å². The van der Waals surface area contributed by atoms with Gasteiger partial charge in [-0.25, -0.2) is 4.98 Å². The average molecular weight is 358 g/mol. The lowest BCUT2D eigenvalue weighted by molar-refractivity contribution is -0.115. The van der Waals surface area contributed by atoms with Gasteiger partial charge in [-0.05, 0) is 32.9 Å². The highest BCUT2D eigenvalue weighted by Gasteiger charge is 2.30. The van der Waals surface area contributed by atoms with Crippen LogP contribution in [0, 0.1) is 6.92 Å². The molecule has 0 saturated carbocycles. The lowest BCUT2D eigenvalue weighted by atomic mass is 9.99. The van der Waals surface area contributed by atoms with E-state index in [1.807, 2.05) is 24.3 Å². The zero-order valence-electron chi connectivity index (χ0n) is 14.8. The van der Waals surface area contributed by atoms with Crippen LogP contribution in [0.1, 0.15) is 36.1 Å². The molecule has 1 aliphatic rings. The van der Waals surface area contributed by atoms with E-state index < -0.39 is 0 Å². The van der Waals surface area contributed by atoms with Crippen molar-refractivity contribution in [3.05, 3.63) is 34.8 Å². The summed E-state index contributed by atoms with van der Waals surface area (Å²) >= 11 is 1.22. The minimum absolute atomic E-state index is 0.0340. The smallest absolute Gasteiger partial charge is 0.245 e. The molecule has 1 aliphatic heterocycles. The highest BCUT2D eigenvalue weighted by molar-refractivity contribution is 7.17. The number of aromatic nitrogens is 1. The van der Waals surface area contributed by atoms with Gasteiger partial charge in [-0.1, -0.05) is 23.5 Å². The van der Waals surface area contributed by atoms with Gasteiger partial charge in [0.1, 0.15) is 0 Å². The molecule has 0 radical (unpaired) electrons. The summed E-state index contributed by atoms with van der Waals surface area (Å²) in [6.07, 6.45) is 0. The molecule has 0 unspecified atom stereocenters. The molecular formula is C18H22N4O2S. The van der Waals surface area contributed by atoms with E-state index in [1.165, 1.54) is 18.3 Å². The van der Waals surface area contributed by atoms with Gasteiger partial charge in [0, 0.05) is 19.0 Å². The molecule has 2 aromatic rings. The summed E-state index contributed by atoms with van der Waals surface area (Å²) < 4.78 is 0. The third-order valence-electron chi connectivity index (χ3n) is 4.00. The molecule has 0 bridgehead atoms. The van der Waals surface area contributed by atoms with Crippen LogP contribution in [0.25, 0.3) is 0 Å². The fraction of sp³-hybridized carbons (Fsp3) is 0.389. The van der Waals surface area contributed by atoms with Crippen molar-refractivity contribution >= 4 is 39.5 Å². The molecule has 0 aliphatic carbocycles. The van der Waals surface area contributed by atoms with Gasteiger partial charge in [0.2, 0.25) is 5.91 Å². The Morgan fingerprint density at radius 3 is 2.76 bits per heavy atom. The number of aryl methyl sites for hydroxylation is 1. The number of hydrogen-bond donors (Lipinski definition) is 2. The van der Waals surface area contributed by atoms with Gasteiger partial charge in [0.25, 0.3) is 0 Å². The first-order valence-corrected chi connectivity index (χ1v) is 8.97. The maximum atomic E-state index is 12.5. The van der Waals surface area contributed by atoms with Gasteiger partial charge in [0.05, 0.1) is 28.5 Å². The average Bonchev–Trinajstić information content (AvgIpc) is 2.86.